The van der Waals surface area contributed by atoms with Crippen molar-refractivity contribution in [3.63, 3.8) is 0 Å². The van der Waals surface area contributed by atoms with E-state index in [1.54, 1.807) is 12.1 Å². The average Bonchev–Trinajstić information content (AvgIpc) is 2.29. The molecule has 0 saturated carbocycles. The molecule has 0 radical (unpaired) electrons. The van der Waals surface area contributed by atoms with Gasteiger partial charge in [-0.05, 0) is 51.5 Å². The third kappa shape index (κ3) is 2.97. The molecule has 17 heavy (non-hydrogen) atoms. The summed E-state index contributed by atoms with van der Waals surface area (Å²) in [4.78, 5) is 2.24. The number of nitrogens with two attached hydrogens (primary N) is 1. The van der Waals surface area contributed by atoms with Crippen LogP contribution in [0.15, 0.2) is 18.2 Å². The van der Waals surface area contributed by atoms with Crippen molar-refractivity contribution in [2.24, 2.45) is 5.73 Å². The molecule has 1 aliphatic heterocycles. The molecule has 0 unspecified atom stereocenters. The number of hydrogen-bond donors (Lipinski definition) is 1. The summed E-state index contributed by atoms with van der Waals surface area (Å²) < 4.78 is 13.7. The lowest BCUT2D eigenvalue weighted by Gasteiger charge is -2.38. The van der Waals surface area contributed by atoms with Crippen molar-refractivity contribution in [1.82, 2.24) is 4.90 Å². The second-order valence-corrected chi connectivity index (χ2v) is 5.45. The molecule has 2 rings (SSSR count). The fraction of sp³-hybridized carbons (Fsp3) is 0.538. The Morgan fingerprint density at radius 3 is 2.65 bits per heavy atom. The summed E-state index contributed by atoms with van der Waals surface area (Å²) in [6.45, 7) is 1.92. The molecule has 0 bridgehead atoms. The highest BCUT2D eigenvalue weighted by atomic mass is 35.5. The maximum Gasteiger partial charge on any atom is 0.127 e. The highest BCUT2D eigenvalue weighted by molar-refractivity contribution is 6.31. The standard InChI is InChI=1S/C13H18ClFN2/c1-17-7-5-13(16,6-8-17)9-10-11(14)3-2-4-12(10)15/h2-4H,5-9,16H2,1H3. The number of rotatable bonds is 2. The van der Waals surface area contributed by atoms with Crippen LogP contribution in [0.4, 0.5) is 4.39 Å². The third-order valence-electron chi connectivity index (χ3n) is 3.57. The van der Waals surface area contributed by atoms with Crippen LogP contribution in [0.2, 0.25) is 5.02 Å². The van der Waals surface area contributed by atoms with E-state index in [1.807, 2.05) is 0 Å². The van der Waals surface area contributed by atoms with E-state index in [-0.39, 0.29) is 11.4 Å². The second kappa shape index (κ2) is 4.92. The number of halogens is 2. The molecule has 1 aromatic carbocycles. The van der Waals surface area contributed by atoms with Gasteiger partial charge in [0, 0.05) is 16.1 Å². The lowest BCUT2D eigenvalue weighted by Crippen LogP contribution is -2.51. The van der Waals surface area contributed by atoms with Crippen molar-refractivity contribution in [1.29, 1.82) is 0 Å². The quantitative estimate of drug-likeness (QED) is 0.881. The zero-order valence-electron chi connectivity index (χ0n) is 10.0. The van der Waals surface area contributed by atoms with Gasteiger partial charge in [-0.25, -0.2) is 4.39 Å². The van der Waals surface area contributed by atoms with E-state index in [2.05, 4.69) is 11.9 Å². The molecule has 1 heterocycles. The van der Waals surface area contributed by atoms with E-state index in [1.165, 1.54) is 6.07 Å². The van der Waals surface area contributed by atoms with Gasteiger partial charge in [-0.2, -0.15) is 0 Å². The van der Waals surface area contributed by atoms with Crippen molar-refractivity contribution in [3.8, 4) is 0 Å². The number of likely N-dealkylation sites (tertiary alicyclic amines) is 1. The lowest BCUT2D eigenvalue weighted by atomic mass is 9.83. The summed E-state index contributed by atoms with van der Waals surface area (Å²) in [5, 5.41) is 0.480. The van der Waals surface area contributed by atoms with Gasteiger partial charge in [0.25, 0.3) is 0 Å². The van der Waals surface area contributed by atoms with Gasteiger partial charge >= 0.3 is 0 Å². The molecule has 2 nitrogen and oxygen atoms in total. The first kappa shape index (κ1) is 12.8. The summed E-state index contributed by atoms with van der Waals surface area (Å²) in [6, 6.07) is 4.79. The highest BCUT2D eigenvalue weighted by Crippen LogP contribution is 2.28. The Morgan fingerprint density at radius 2 is 2.06 bits per heavy atom. The van der Waals surface area contributed by atoms with Crippen LogP contribution < -0.4 is 5.73 Å². The van der Waals surface area contributed by atoms with Gasteiger partial charge in [0.05, 0.1) is 0 Å². The van der Waals surface area contributed by atoms with Crippen LogP contribution in [0.1, 0.15) is 18.4 Å². The van der Waals surface area contributed by atoms with Crippen LogP contribution in [0.3, 0.4) is 0 Å². The maximum absolute atomic E-state index is 13.7. The second-order valence-electron chi connectivity index (χ2n) is 5.04. The van der Waals surface area contributed by atoms with Crippen molar-refractivity contribution in [3.05, 3.63) is 34.6 Å². The smallest absolute Gasteiger partial charge is 0.127 e. The summed E-state index contributed by atoms with van der Waals surface area (Å²) in [6.07, 6.45) is 2.29. The fourth-order valence-corrected chi connectivity index (χ4v) is 2.52. The first-order valence-electron chi connectivity index (χ1n) is 5.90. The molecule has 1 fully saturated rings. The molecule has 94 valence electrons. The topological polar surface area (TPSA) is 29.3 Å². The molecule has 2 N–H and O–H groups in total. The monoisotopic (exact) mass is 256 g/mol. The van der Waals surface area contributed by atoms with Crippen LogP contribution in [0.5, 0.6) is 0 Å². The summed E-state index contributed by atoms with van der Waals surface area (Å²) in [5.74, 6) is -0.249. The largest absolute Gasteiger partial charge is 0.325 e. The molecule has 0 atom stereocenters. The first-order valence-corrected chi connectivity index (χ1v) is 6.28. The maximum atomic E-state index is 13.7. The normalized spacial score (nSPS) is 20.5. The van der Waals surface area contributed by atoms with Crippen molar-refractivity contribution in [2.45, 2.75) is 24.8 Å². The van der Waals surface area contributed by atoms with Crippen LogP contribution in [-0.4, -0.2) is 30.6 Å². The Balaban J connectivity index is 2.15. The Hall–Kier alpha value is -0.640. The average molecular weight is 257 g/mol. The molecular weight excluding hydrogens is 239 g/mol. The van der Waals surface area contributed by atoms with E-state index in [0.29, 0.717) is 17.0 Å². The minimum atomic E-state index is -0.321. The molecule has 0 spiro atoms. The predicted octanol–water partition coefficient (Wildman–Crippen LogP) is 2.44. The van der Waals surface area contributed by atoms with Gasteiger partial charge in [-0.3, -0.25) is 0 Å². The SMILES string of the molecule is CN1CCC(N)(Cc2c(F)cccc2Cl)CC1. The Bertz CT molecular complexity index is 380. The first-order chi connectivity index (χ1) is 8.00. The van der Waals surface area contributed by atoms with Gasteiger partial charge in [0.1, 0.15) is 5.82 Å². The number of nitrogens with zero attached hydrogens (tertiary/aromatic N) is 1. The number of piperidine rings is 1. The summed E-state index contributed by atoms with van der Waals surface area (Å²) in [5.41, 5.74) is 6.57. The van der Waals surface area contributed by atoms with Crippen molar-refractivity contribution >= 4 is 11.6 Å². The van der Waals surface area contributed by atoms with Gasteiger partial charge in [-0.1, -0.05) is 17.7 Å². The zero-order valence-corrected chi connectivity index (χ0v) is 10.8. The predicted molar refractivity (Wildman–Crippen MR) is 68.8 cm³/mol. The van der Waals surface area contributed by atoms with E-state index < -0.39 is 0 Å². The van der Waals surface area contributed by atoms with Crippen LogP contribution in [0.25, 0.3) is 0 Å². The fourth-order valence-electron chi connectivity index (χ4n) is 2.29. The minimum Gasteiger partial charge on any atom is -0.325 e. The lowest BCUT2D eigenvalue weighted by molar-refractivity contribution is 0.189. The molecule has 1 aliphatic rings. The van der Waals surface area contributed by atoms with Crippen LogP contribution >= 0.6 is 11.6 Å². The molecular formula is C13H18ClFN2. The third-order valence-corrected chi connectivity index (χ3v) is 3.93. The summed E-state index contributed by atoms with van der Waals surface area (Å²) in [7, 11) is 2.08. The van der Waals surface area contributed by atoms with Crippen LogP contribution in [0, 0.1) is 5.82 Å². The molecule has 0 amide bonds. The van der Waals surface area contributed by atoms with Crippen LogP contribution in [-0.2, 0) is 6.42 Å². The van der Waals surface area contributed by atoms with Gasteiger partial charge in [0.15, 0.2) is 0 Å². The molecule has 1 aromatic rings. The van der Waals surface area contributed by atoms with E-state index in [4.69, 9.17) is 17.3 Å². The van der Waals surface area contributed by atoms with E-state index in [9.17, 15) is 4.39 Å². The number of benzene rings is 1. The Morgan fingerprint density at radius 1 is 1.41 bits per heavy atom. The number of hydrogen-bond acceptors (Lipinski definition) is 2. The minimum absolute atomic E-state index is 0.249. The van der Waals surface area contributed by atoms with E-state index in [0.717, 1.165) is 25.9 Å². The molecule has 4 heteroatoms. The van der Waals surface area contributed by atoms with Gasteiger partial charge in [0.2, 0.25) is 0 Å². The molecule has 0 aliphatic carbocycles. The zero-order chi connectivity index (χ0) is 12.5. The highest BCUT2D eigenvalue weighted by Gasteiger charge is 2.31. The van der Waals surface area contributed by atoms with Gasteiger partial charge in [-0.15, -0.1) is 0 Å². The van der Waals surface area contributed by atoms with E-state index >= 15 is 0 Å². The Labute approximate surface area is 107 Å². The van der Waals surface area contributed by atoms with Crippen molar-refractivity contribution in [2.75, 3.05) is 20.1 Å². The molecule has 1 saturated heterocycles. The van der Waals surface area contributed by atoms with Crippen molar-refractivity contribution < 1.29 is 4.39 Å². The Kier molecular flexibility index (Phi) is 3.71. The molecule has 0 aromatic heterocycles. The summed E-state index contributed by atoms with van der Waals surface area (Å²) >= 11 is 6.03. The van der Waals surface area contributed by atoms with Gasteiger partial charge < -0.3 is 10.6 Å².